The van der Waals surface area contributed by atoms with Gasteiger partial charge in [-0.05, 0) is 77.0 Å². The molecule has 0 saturated heterocycles. The van der Waals surface area contributed by atoms with Crippen LogP contribution in [0.3, 0.4) is 0 Å². The summed E-state index contributed by atoms with van der Waals surface area (Å²) >= 11 is 1.87. The third-order valence-corrected chi connectivity index (χ3v) is 10.3. The van der Waals surface area contributed by atoms with E-state index in [9.17, 15) is 0 Å². The Kier molecular flexibility index (Phi) is 7.38. The smallest absolute Gasteiger partial charge is 0.0796 e. The third kappa shape index (κ3) is 5.12. The molecule has 0 aliphatic rings. The number of hydrogen-bond donors (Lipinski definition) is 0. The van der Waals surface area contributed by atoms with Gasteiger partial charge in [0, 0.05) is 42.8 Å². The summed E-state index contributed by atoms with van der Waals surface area (Å²) in [6.07, 6.45) is 0. The van der Waals surface area contributed by atoms with Gasteiger partial charge in [-0.2, -0.15) is 0 Å². The maximum absolute atomic E-state index is 2.49. The second-order valence-corrected chi connectivity index (χ2v) is 13.2. The van der Waals surface area contributed by atoms with Crippen molar-refractivity contribution in [2.24, 2.45) is 0 Å². The molecule has 0 N–H and O–H groups in total. The third-order valence-electron chi connectivity index (χ3n) is 9.22. The quantitative estimate of drug-likeness (QED) is 0.170. The molecule has 3 heteroatoms. The Bertz CT molecular complexity index is 2500. The summed E-state index contributed by atoms with van der Waals surface area (Å²) < 4.78 is 2.53. The molecule has 0 aliphatic carbocycles. The van der Waals surface area contributed by atoms with Crippen molar-refractivity contribution in [1.82, 2.24) is 0 Å². The topological polar surface area (TPSA) is 6.48 Å². The first kappa shape index (κ1) is 29.0. The molecule has 0 fully saturated rings. The van der Waals surface area contributed by atoms with E-state index in [1.54, 1.807) is 0 Å². The zero-order valence-corrected chi connectivity index (χ0v) is 27.6. The minimum absolute atomic E-state index is 1.10. The molecular weight excluding hydrogens is 613 g/mol. The highest BCUT2D eigenvalue weighted by Gasteiger charge is 2.28. The van der Waals surface area contributed by atoms with Crippen molar-refractivity contribution in [2.75, 3.05) is 9.80 Å². The first-order chi connectivity index (χ1) is 24.3. The fourth-order valence-electron chi connectivity index (χ4n) is 7.09. The van der Waals surface area contributed by atoms with Crippen molar-refractivity contribution in [1.29, 1.82) is 0 Å². The Hall–Kier alpha value is -6.16. The lowest BCUT2D eigenvalue weighted by molar-refractivity contribution is 1.24. The number of rotatable bonds is 7. The Balaban J connectivity index is 1.48. The van der Waals surface area contributed by atoms with Gasteiger partial charge >= 0.3 is 0 Å². The minimum Gasteiger partial charge on any atom is -0.308 e. The minimum atomic E-state index is 1.10. The molecule has 1 heterocycles. The number of nitrogens with zero attached hydrogens (tertiary/aromatic N) is 2. The summed E-state index contributed by atoms with van der Waals surface area (Å²) in [5.41, 5.74) is 9.01. The summed E-state index contributed by atoms with van der Waals surface area (Å²) in [7, 11) is 0. The summed E-state index contributed by atoms with van der Waals surface area (Å²) in [6.45, 7) is 0. The van der Waals surface area contributed by atoms with Gasteiger partial charge < -0.3 is 9.80 Å². The van der Waals surface area contributed by atoms with Gasteiger partial charge in [-0.15, -0.1) is 11.3 Å². The van der Waals surface area contributed by atoms with Gasteiger partial charge in [0.05, 0.1) is 17.1 Å². The summed E-state index contributed by atoms with van der Waals surface area (Å²) in [6, 6.07) is 69.8. The van der Waals surface area contributed by atoms with Crippen molar-refractivity contribution >= 4 is 76.4 Å². The van der Waals surface area contributed by atoms with E-state index in [2.05, 4.69) is 204 Å². The Morgan fingerprint density at radius 3 is 1.53 bits per heavy atom. The van der Waals surface area contributed by atoms with E-state index in [0.717, 1.165) is 34.1 Å². The fourth-order valence-corrected chi connectivity index (χ4v) is 8.21. The van der Waals surface area contributed by atoms with Crippen LogP contribution in [0.4, 0.5) is 34.1 Å². The molecule has 0 amide bonds. The SMILES string of the molecule is c1ccc(-c2ccccc2N(c2ccccc2)c2c(N(c3ccccc3)c3ccccc3)ccc3sc4ccc5ccccc5c4c23)cc1. The number of para-hydroxylation sites is 4. The maximum atomic E-state index is 2.49. The molecule has 0 atom stereocenters. The number of hydrogen-bond acceptors (Lipinski definition) is 3. The Morgan fingerprint density at radius 2 is 0.857 bits per heavy atom. The molecular formula is C46H32N2S. The van der Waals surface area contributed by atoms with Crippen molar-refractivity contribution < 1.29 is 0 Å². The van der Waals surface area contributed by atoms with E-state index in [0.29, 0.717) is 0 Å². The zero-order valence-electron chi connectivity index (χ0n) is 26.8. The van der Waals surface area contributed by atoms with E-state index >= 15 is 0 Å². The maximum Gasteiger partial charge on any atom is 0.0796 e. The number of thiophene rings is 1. The lowest BCUT2D eigenvalue weighted by atomic mass is 9.98. The first-order valence-electron chi connectivity index (χ1n) is 16.6. The summed E-state index contributed by atoms with van der Waals surface area (Å²) in [5.74, 6) is 0. The fraction of sp³-hybridized carbons (Fsp3) is 0. The molecule has 9 aromatic rings. The lowest BCUT2D eigenvalue weighted by Gasteiger charge is -2.34. The highest BCUT2D eigenvalue weighted by Crippen LogP contribution is 2.54. The second kappa shape index (κ2) is 12.5. The largest absolute Gasteiger partial charge is 0.308 e. The predicted molar refractivity (Wildman–Crippen MR) is 212 cm³/mol. The molecule has 232 valence electrons. The summed E-state index contributed by atoms with van der Waals surface area (Å²) in [5, 5.41) is 5.04. The predicted octanol–water partition coefficient (Wildman–Crippen LogP) is 13.8. The zero-order chi connectivity index (χ0) is 32.6. The van der Waals surface area contributed by atoms with Crippen molar-refractivity contribution in [3.63, 3.8) is 0 Å². The molecule has 9 rings (SSSR count). The van der Waals surface area contributed by atoms with Gasteiger partial charge in [0.15, 0.2) is 0 Å². The first-order valence-corrected chi connectivity index (χ1v) is 17.4. The molecule has 0 unspecified atom stereocenters. The van der Waals surface area contributed by atoms with E-state index in [1.165, 1.54) is 42.1 Å². The van der Waals surface area contributed by atoms with E-state index in [-0.39, 0.29) is 0 Å². The van der Waals surface area contributed by atoms with Gasteiger partial charge in [0.25, 0.3) is 0 Å². The molecule has 2 nitrogen and oxygen atoms in total. The molecule has 49 heavy (non-hydrogen) atoms. The van der Waals surface area contributed by atoms with Crippen molar-refractivity contribution in [2.45, 2.75) is 0 Å². The van der Waals surface area contributed by atoms with E-state index < -0.39 is 0 Å². The number of anilines is 6. The van der Waals surface area contributed by atoms with Crippen LogP contribution >= 0.6 is 11.3 Å². The molecule has 0 spiro atoms. The second-order valence-electron chi connectivity index (χ2n) is 12.1. The average Bonchev–Trinajstić information content (AvgIpc) is 3.57. The van der Waals surface area contributed by atoms with Crippen LogP contribution in [0.15, 0.2) is 194 Å². The number of benzene rings is 8. The van der Waals surface area contributed by atoms with Crippen LogP contribution in [0.2, 0.25) is 0 Å². The molecule has 0 bridgehead atoms. The van der Waals surface area contributed by atoms with E-state index in [4.69, 9.17) is 0 Å². The average molecular weight is 645 g/mol. The molecule has 0 aliphatic heterocycles. The van der Waals surface area contributed by atoms with Crippen molar-refractivity contribution in [3.05, 3.63) is 194 Å². The monoisotopic (exact) mass is 644 g/mol. The van der Waals surface area contributed by atoms with E-state index in [1.807, 2.05) is 11.3 Å². The normalized spacial score (nSPS) is 11.3. The van der Waals surface area contributed by atoms with Crippen LogP contribution in [-0.4, -0.2) is 0 Å². The molecule has 0 radical (unpaired) electrons. The van der Waals surface area contributed by atoms with Crippen LogP contribution < -0.4 is 9.80 Å². The molecule has 0 saturated carbocycles. The van der Waals surface area contributed by atoms with Gasteiger partial charge in [0.2, 0.25) is 0 Å². The van der Waals surface area contributed by atoms with Crippen LogP contribution in [0, 0.1) is 0 Å². The van der Waals surface area contributed by atoms with Crippen LogP contribution in [0.5, 0.6) is 0 Å². The highest BCUT2D eigenvalue weighted by molar-refractivity contribution is 7.26. The van der Waals surface area contributed by atoms with Gasteiger partial charge in [-0.1, -0.05) is 133 Å². The van der Waals surface area contributed by atoms with Crippen LogP contribution in [0.1, 0.15) is 0 Å². The standard InChI is InChI=1S/C46H32N2S/c1-5-17-33(18-6-1)38-26-15-16-28-40(38)48(37-24-11-4-12-25-37)46-41(47(35-20-7-2-8-21-35)36-22-9-3-10-23-36)30-32-43-45(46)44-39-27-14-13-19-34(39)29-31-42(44)49-43/h1-32H. The van der Waals surface area contributed by atoms with Crippen molar-refractivity contribution in [3.8, 4) is 11.1 Å². The highest BCUT2D eigenvalue weighted by atomic mass is 32.1. The Labute approximate surface area is 290 Å². The lowest BCUT2D eigenvalue weighted by Crippen LogP contribution is -2.17. The summed E-state index contributed by atoms with van der Waals surface area (Å²) in [4.78, 5) is 4.90. The molecule has 8 aromatic carbocycles. The van der Waals surface area contributed by atoms with Gasteiger partial charge in [0.1, 0.15) is 0 Å². The van der Waals surface area contributed by atoms with Gasteiger partial charge in [-0.25, -0.2) is 0 Å². The number of fused-ring (bicyclic) bond motifs is 5. The van der Waals surface area contributed by atoms with Gasteiger partial charge in [-0.3, -0.25) is 0 Å². The Morgan fingerprint density at radius 1 is 0.347 bits per heavy atom. The van der Waals surface area contributed by atoms with Crippen LogP contribution in [-0.2, 0) is 0 Å². The van der Waals surface area contributed by atoms with Crippen LogP contribution in [0.25, 0.3) is 42.1 Å². The molecule has 1 aromatic heterocycles.